The van der Waals surface area contributed by atoms with Crippen LogP contribution in [0.25, 0.3) is 11.6 Å². The zero-order valence-corrected chi connectivity index (χ0v) is 16.6. The zero-order valence-electron chi connectivity index (χ0n) is 16.6. The third-order valence-electron chi connectivity index (χ3n) is 4.69. The van der Waals surface area contributed by atoms with E-state index in [9.17, 15) is 13.6 Å². The second-order valence-corrected chi connectivity index (χ2v) is 7.07. The van der Waals surface area contributed by atoms with Crippen LogP contribution in [0.1, 0.15) is 49.2 Å². The van der Waals surface area contributed by atoms with E-state index in [0.717, 1.165) is 6.20 Å². The highest BCUT2D eigenvalue weighted by Gasteiger charge is 2.40. The zero-order chi connectivity index (χ0) is 21.4. The number of aromatic nitrogens is 4. The molecule has 1 aromatic carbocycles. The van der Waals surface area contributed by atoms with Crippen molar-refractivity contribution in [3.8, 4) is 17.4 Å². The highest BCUT2D eigenvalue weighted by Crippen LogP contribution is 2.42. The number of benzene rings is 1. The molecule has 0 N–H and O–H groups in total. The summed E-state index contributed by atoms with van der Waals surface area (Å²) in [7, 11) is 0. The summed E-state index contributed by atoms with van der Waals surface area (Å²) in [5.41, 5.74) is 0.723. The normalized spacial score (nSPS) is 15.6. The van der Waals surface area contributed by atoms with Crippen molar-refractivity contribution in [1.82, 2.24) is 19.9 Å². The van der Waals surface area contributed by atoms with Gasteiger partial charge in [-0.15, -0.1) is 0 Å². The molecule has 30 heavy (non-hydrogen) atoms. The number of fused-ring (bicyclic) bond motifs is 1. The van der Waals surface area contributed by atoms with E-state index in [1.807, 2.05) is 6.92 Å². The quantitative estimate of drug-likeness (QED) is 0.629. The Bertz CT molecular complexity index is 1110. The molecule has 1 aliphatic heterocycles. The number of amides is 1. The smallest absolute Gasteiger partial charge is 0.260 e. The summed E-state index contributed by atoms with van der Waals surface area (Å²) >= 11 is 0. The van der Waals surface area contributed by atoms with Crippen molar-refractivity contribution >= 4 is 11.7 Å². The molecule has 0 saturated carbocycles. The van der Waals surface area contributed by atoms with Gasteiger partial charge in [-0.1, -0.05) is 6.92 Å². The largest absolute Gasteiger partial charge is 0.488 e. The Hall–Kier alpha value is -3.49. The molecule has 0 spiro atoms. The van der Waals surface area contributed by atoms with Gasteiger partial charge in [0, 0.05) is 18.0 Å². The van der Waals surface area contributed by atoms with Crippen molar-refractivity contribution in [2.45, 2.75) is 39.3 Å². The van der Waals surface area contributed by atoms with Gasteiger partial charge in [0.15, 0.2) is 34.9 Å². The monoisotopic (exact) mass is 411 g/mol. The van der Waals surface area contributed by atoms with Crippen molar-refractivity contribution in [3.05, 3.63) is 59.6 Å². The predicted octanol–water partition coefficient (Wildman–Crippen LogP) is 4.11. The van der Waals surface area contributed by atoms with Crippen molar-refractivity contribution in [2.24, 2.45) is 0 Å². The number of hydrogen-bond donors (Lipinski definition) is 0. The van der Waals surface area contributed by atoms with E-state index in [4.69, 9.17) is 4.74 Å². The molecular formula is C21H19F2N5O2. The molecule has 0 radical (unpaired) electrons. The van der Waals surface area contributed by atoms with Crippen LogP contribution >= 0.6 is 0 Å². The molecule has 9 heteroatoms. The number of anilines is 1. The highest BCUT2D eigenvalue weighted by atomic mass is 19.1. The molecule has 0 saturated heterocycles. The number of ether oxygens (including phenoxy) is 1. The van der Waals surface area contributed by atoms with Gasteiger partial charge in [0.25, 0.3) is 5.91 Å². The summed E-state index contributed by atoms with van der Waals surface area (Å²) in [6.07, 6.45) is 4.17. The fraction of sp³-hybridized carbons (Fsp3) is 0.286. The molecule has 154 valence electrons. The Labute approximate surface area is 171 Å². The SMILES string of the molecule is CC[C@H]1c2cc(F)c(OC(C)C)cc2C(=O)N1c1nc(-c2ncccn2)ncc1F. The van der Waals surface area contributed by atoms with E-state index < -0.39 is 23.6 Å². The highest BCUT2D eigenvalue weighted by molar-refractivity contribution is 6.11. The molecule has 0 bridgehead atoms. The maximum absolute atomic E-state index is 14.7. The van der Waals surface area contributed by atoms with Crippen LogP contribution in [0.4, 0.5) is 14.6 Å². The van der Waals surface area contributed by atoms with Crippen LogP contribution in [0.15, 0.2) is 36.8 Å². The molecule has 3 aromatic rings. The molecule has 3 heterocycles. The summed E-state index contributed by atoms with van der Waals surface area (Å²) in [5.74, 6) is -1.76. The molecule has 1 aliphatic rings. The second-order valence-electron chi connectivity index (χ2n) is 7.07. The number of nitrogens with zero attached hydrogens (tertiary/aromatic N) is 5. The molecule has 1 atom stereocenters. The van der Waals surface area contributed by atoms with Gasteiger partial charge in [-0.25, -0.2) is 28.7 Å². The van der Waals surface area contributed by atoms with Crippen LogP contribution in [-0.4, -0.2) is 31.9 Å². The van der Waals surface area contributed by atoms with E-state index in [2.05, 4.69) is 19.9 Å². The summed E-state index contributed by atoms with van der Waals surface area (Å²) in [6.45, 7) is 5.36. The topological polar surface area (TPSA) is 81.1 Å². The van der Waals surface area contributed by atoms with Crippen molar-refractivity contribution in [1.29, 1.82) is 0 Å². The molecule has 0 aliphatic carbocycles. The average Bonchev–Trinajstić information content (AvgIpc) is 2.99. The fourth-order valence-corrected chi connectivity index (χ4v) is 3.48. The van der Waals surface area contributed by atoms with Crippen LogP contribution in [0.5, 0.6) is 5.75 Å². The third-order valence-corrected chi connectivity index (χ3v) is 4.69. The first-order valence-corrected chi connectivity index (χ1v) is 9.54. The second kappa shape index (κ2) is 7.74. The lowest BCUT2D eigenvalue weighted by Crippen LogP contribution is -2.29. The van der Waals surface area contributed by atoms with Crippen LogP contribution < -0.4 is 9.64 Å². The Kier molecular flexibility index (Phi) is 5.11. The fourth-order valence-electron chi connectivity index (χ4n) is 3.48. The third kappa shape index (κ3) is 3.36. The summed E-state index contributed by atoms with van der Waals surface area (Å²) in [4.78, 5) is 30.7. The summed E-state index contributed by atoms with van der Waals surface area (Å²) < 4.78 is 34.7. The Balaban J connectivity index is 1.80. The first-order valence-electron chi connectivity index (χ1n) is 9.54. The average molecular weight is 411 g/mol. The van der Waals surface area contributed by atoms with Crippen LogP contribution in [0.2, 0.25) is 0 Å². The van der Waals surface area contributed by atoms with Gasteiger partial charge in [0.2, 0.25) is 0 Å². The van der Waals surface area contributed by atoms with Gasteiger partial charge in [0.05, 0.1) is 18.3 Å². The number of rotatable bonds is 5. The molecule has 7 nitrogen and oxygen atoms in total. The van der Waals surface area contributed by atoms with Crippen LogP contribution in [-0.2, 0) is 0 Å². The molecular weight excluding hydrogens is 392 g/mol. The van der Waals surface area contributed by atoms with Gasteiger partial charge in [-0.2, -0.15) is 0 Å². The van der Waals surface area contributed by atoms with E-state index >= 15 is 0 Å². The minimum atomic E-state index is -0.770. The van der Waals surface area contributed by atoms with Gasteiger partial charge in [0.1, 0.15) is 0 Å². The van der Waals surface area contributed by atoms with Gasteiger partial charge >= 0.3 is 0 Å². The summed E-state index contributed by atoms with van der Waals surface area (Å²) in [5, 5.41) is 0. The maximum atomic E-state index is 14.7. The van der Waals surface area contributed by atoms with Crippen LogP contribution in [0.3, 0.4) is 0 Å². The molecule has 0 unspecified atom stereocenters. The van der Waals surface area contributed by atoms with E-state index in [1.165, 1.54) is 29.4 Å². The molecule has 2 aromatic heterocycles. The standard InChI is InChI=1S/C21H19F2N5O2/c1-4-16-12-8-14(22)17(30-11(2)3)9-13(12)21(29)28(16)20-15(23)10-26-19(27-20)18-24-6-5-7-25-18/h5-11,16H,4H2,1-3H3/t16-/m0/s1. The minimum Gasteiger partial charge on any atom is -0.488 e. The van der Waals surface area contributed by atoms with Crippen LogP contribution in [0, 0.1) is 11.6 Å². The Morgan fingerprint density at radius 1 is 1.10 bits per heavy atom. The van der Waals surface area contributed by atoms with Gasteiger partial charge in [-0.05, 0) is 44.0 Å². The molecule has 4 rings (SSSR count). The molecule has 0 fully saturated rings. The van der Waals surface area contributed by atoms with E-state index in [-0.39, 0.29) is 34.9 Å². The first-order chi connectivity index (χ1) is 14.4. The summed E-state index contributed by atoms with van der Waals surface area (Å²) in [6, 6.07) is 3.70. The minimum absolute atomic E-state index is 0.0182. The predicted molar refractivity (Wildman–Crippen MR) is 105 cm³/mol. The maximum Gasteiger partial charge on any atom is 0.260 e. The lowest BCUT2D eigenvalue weighted by atomic mass is 10.0. The van der Waals surface area contributed by atoms with Gasteiger partial charge < -0.3 is 4.74 Å². The number of carbonyl (C=O) groups excluding carboxylic acids is 1. The lowest BCUT2D eigenvalue weighted by Gasteiger charge is -2.23. The van der Waals surface area contributed by atoms with Crippen molar-refractivity contribution in [3.63, 3.8) is 0 Å². The van der Waals surface area contributed by atoms with Gasteiger partial charge in [-0.3, -0.25) is 9.69 Å². The number of carbonyl (C=O) groups is 1. The van der Waals surface area contributed by atoms with Crippen molar-refractivity contribution < 1.29 is 18.3 Å². The number of halogens is 2. The molecule has 1 amide bonds. The van der Waals surface area contributed by atoms with Crippen molar-refractivity contribution in [2.75, 3.05) is 4.90 Å². The Morgan fingerprint density at radius 3 is 2.50 bits per heavy atom. The number of hydrogen-bond acceptors (Lipinski definition) is 6. The first kappa shape index (κ1) is 19.8. The van der Waals surface area contributed by atoms with E-state index in [1.54, 1.807) is 19.9 Å². The Morgan fingerprint density at radius 2 is 1.83 bits per heavy atom. The van der Waals surface area contributed by atoms with E-state index in [0.29, 0.717) is 12.0 Å². The lowest BCUT2D eigenvalue weighted by molar-refractivity contribution is 0.0988.